The van der Waals surface area contributed by atoms with Crippen molar-refractivity contribution in [3.63, 3.8) is 0 Å². The third-order valence-corrected chi connectivity index (χ3v) is 4.02. The molecule has 3 amide bonds. The van der Waals surface area contributed by atoms with Gasteiger partial charge in [-0.15, -0.1) is 0 Å². The molecule has 0 aliphatic heterocycles. The smallest absolute Gasteiger partial charge is 0.287 e. The van der Waals surface area contributed by atoms with Crippen LogP contribution in [0.4, 0.5) is 0 Å². The number of carbonyl (C=O) groups excluding carboxylic acids is 3. The highest BCUT2D eigenvalue weighted by Gasteiger charge is 2.25. The maximum atomic E-state index is 12.5. The summed E-state index contributed by atoms with van der Waals surface area (Å²) < 4.78 is 5.07. The van der Waals surface area contributed by atoms with Gasteiger partial charge in [0.1, 0.15) is 6.04 Å². The second-order valence-corrected chi connectivity index (χ2v) is 6.25. The van der Waals surface area contributed by atoms with Gasteiger partial charge < -0.3 is 20.4 Å². The molecule has 1 heterocycles. The number of hydrogen-bond acceptors (Lipinski definition) is 4. The first-order chi connectivity index (χ1) is 12.6. The van der Waals surface area contributed by atoms with Crippen molar-refractivity contribution in [1.82, 2.24) is 16.0 Å². The van der Waals surface area contributed by atoms with E-state index in [0.717, 1.165) is 18.4 Å². The van der Waals surface area contributed by atoms with Crippen LogP contribution in [0.5, 0.6) is 0 Å². The van der Waals surface area contributed by atoms with Gasteiger partial charge in [0, 0.05) is 12.5 Å². The molecule has 1 aromatic carbocycles. The number of carbonyl (C=O) groups is 3. The molecular formula is C19H21N3O4. The van der Waals surface area contributed by atoms with Crippen molar-refractivity contribution in [2.45, 2.75) is 31.3 Å². The van der Waals surface area contributed by atoms with E-state index in [1.54, 1.807) is 6.07 Å². The lowest BCUT2D eigenvalue weighted by molar-refractivity contribution is -0.127. The van der Waals surface area contributed by atoms with Crippen LogP contribution in [0.15, 0.2) is 53.1 Å². The predicted octanol–water partition coefficient (Wildman–Crippen LogP) is 1.02. The van der Waals surface area contributed by atoms with Crippen LogP contribution in [0.3, 0.4) is 0 Å². The van der Waals surface area contributed by atoms with Crippen LogP contribution in [0, 0.1) is 0 Å². The quantitative estimate of drug-likeness (QED) is 0.658. The van der Waals surface area contributed by atoms with E-state index in [-0.39, 0.29) is 24.3 Å². The summed E-state index contributed by atoms with van der Waals surface area (Å²) in [7, 11) is 0. The third-order valence-electron chi connectivity index (χ3n) is 4.02. The van der Waals surface area contributed by atoms with Crippen molar-refractivity contribution in [2.24, 2.45) is 0 Å². The topological polar surface area (TPSA) is 100 Å². The third kappa shape index (κ3) is 5.20. The molecule has 0 saturated heterocycles. The molecule has 3 N–H and O–H groups in total. The van der Waals surface area contributed by atoms with E-state index < -0.39 is 17.9 Å². The molecule has 1 atom stereocenters. The van der Waals surface area contributed by atoms with Crippen LogP contribution in [0.25, 0.3) is 0 Å². The molecule has 136 valence electrons. The zero-order valence-electron chi connectivity index (χ0n) is 14.2. The Morgan fingerprint density at radius 1 is 1.08 bits per heavy atom. The molecule has 0 spiro atoms. The first-order valence-corrected chi connectivity index (χ1v) is 8.57. The van der Waals surface area contributed by atoms with Gasteiger partial charge in [0.2, 0.25) is 11.8 Å². The summed E-state index contributed by atoms with van der Waals surface area (Å²) >= 11 is 0. The van der Waals surface area contributed by atoms with Gasteiger partial charge in [0.25, 0.3) is 5.91 Å². The van der Waals surface area contributed by atoms with Gasteiger partial charge in [0.05, 0.1) is 12.8 Å². The molecule has 1 aromatic heterocycles. The van der Waals surface area contributed by atoms with Crippen LogP contribution in [-0.2, 0) is 16.0 Å². The summed E-state index contributed by atoms with van der Waals surface area (Å²) in [4.78, 5) is 36.5. The van der Waals surface area contributed by atoms with Crippen LogP contribution in [-0.4, -0.2) is 36.3 Å². The Labute approximate surface area is 151 Å². The Kier molecular flexibility index (Phi) is 5.68. The Hall–Kier alpha value is -3.09. The van der Waals surface area contributed by atoms with Gasteiger partial charge >= 0.3 is 0 Å². The van der Waals surface area contributed by atoms with E-state index in [2.05, 4.69) is 16.0 Å². The van der Waals surface area contributed by atoms with E-state index in [0.29, 0.717) is 6.42 Å². The largest absolute Gasteiger partial charge is 0.459 e. The van der Waals surface area contributed by atoms with E-state index in [1.807, 2.05) is 30.3 Å². The fraction of sp³-hybridized carbons (Fsp3) is 0.316. The lowest BCUT2D eigenvalue weighted by Gasteiger charge is -2.18. The zero-order valence-corrected chi connectivity index (χ0v) is 14.2. The van der Waals surface area contributed by atoms with Gasteiger partial charge in [0.15, 0.2) is 5.76 Å². The first kappa shape index (κ1) is 17.7. The zero-order chi connectivity index (χ0) is 18.4. The lowest BCUT2D eigenvalue weighted by atomic mass is 10.1. The molecule has 0 radical (unpaired) electrons. The van der Waals surface area contributed by atoms with Gasteiger partial charge in [-0.3, -0.25) is 14.4 Å². The predicted molar refractivity (Wildman–Crippen MR) is 94.3 cm³/mol. The number of furan rings is 1. The van der Waals surface area contributed by atoms with Crippen molar-refractivity contribution < 1.29 is 18.8 Å². The maximum absolute atomic E-state index is 12.5. The molecule has 7 nitrogen and oxygen atoms in total. The summed E-state index contributed by atoms with van der Waals surface area (Å²) in [5, 5.41) is 8.06. The summed E-state index contributed by atoms with van der Waals surface area (Å²) in [5.41, 5.74) is 0.898. The maximum Gasteiger partial charge on any atom is 0.287 e. The molecule has 0 bridgehead atoms. The van der Waals surface area contributed by atoms with Crippen molar-refractivity contribution in [1.29, 1.82) is 0 Å². The van der Waals surface area contributed by atoms with E-state index in [1.165, 1.54) is 12.3 Å². The average Bonchev–Trinajstić information content (AvgIpc) is 3.28. The Bertz CT molecular complexity index is 754. The first-order valence-electron chi connectivity index (χ1n) is 8.57. The minimum absolute atomic E-state index is 0.114. The average molecular weight is 355 g/mol. The normalized spacial score (nSPS) is 14.3. The SMILES string of the molecule is O=C(CNC(=O)[C@H](Cc1ccccc1)NC(=O)c1ccco1)NC1CC1. The highest BCUT2D eigenvalue weighted by atomic mass is 16.3. The summed E-state index contributed by atoms with van der Waals surface area (Å²) in [6, 6.07) is 11.9. The van der Waals surface area contributed by atoms with Gasteiger partial charge in [-0.1, -0.05) is 30.3 Å². The monoisotopic (exact) mass is 355 g/mol. The summed E-state index contributed by atoms with van der Waals surface area (Å²) in [6.07, 6.45) is 3.66. The number of rotatable bonds is 8. The molecule has 1 saturated carbocycles. The minimum Gasteiger partial charge on any atom is -0.459 e. The Morgan fingerprint density at radius 2 is 1.85 bits per heavy atom. The van der Waals surface area contributed by atoms with E-state index >= 15 is 0 Å². The molecule has 2 aromatic rings. The minimum atomic E-state index is -0.816. The molecule has 1 aliphatic carbocycles. The van der Waals surface area contributed by atoms with E-state index in [9.17, 15) is 14.4 Å². The van der Waals surface area contributed by atoms with Crippen LogP contribution in [0.1, 0.15) is 29.0 Å². The second kappa shape index (κ2) is 8.33. The number of hydrogen-bond donors (Lipinski definition) is 3. The molecule has 7 heteroatoms. The van der Waals surface area contributed by atoms with Crippen molar-refractivity contribution in [3.8, 4) is 0 Å². The number of nitrogens with one attached hydrogen (secondary N) is 3. The van der Waals surface area contributed by atoms with Crippen LogP contribution < -0.4 is 16.0 Å². The molecule has 1 aliphatic rings. The molecule has 1 fully saturated rings. The molecule has 0 unspecified atom stereocenters. The van der Waals surface area contributed by atoms with Gasteiger partial charge in [-0.05, 0) is 30.5 Å². The number of amides is 3. The fourth-order valence-corrected chi connectivity index (χ4v) is 2.49. The Morgan fingerprint density at radius 3 is 2.50 bits per heavy atom. The summed E-state index contributed by atoms with van der Waals surface area (Å²) in [5.74, 6) is -0.993. The van der Waals surface area contributed by atoms with Crippen LogP contribution in [0.2, 0.25) is 0 Å². The van der Waals surface area contributed by atoms with Gasteiger partial charge in [-0.2, -0.15) is 0 Å². The van der Waals surface area contributed by atoms with Crippen molar-refractivity contribution in [2.75, 3.05) is 6.54 Å². The van der Waals surface area contributed by atoms with Gasteiger partial charge in [-0.25, -0.2) is 0 Å². The van der Waals surface area contributed by atoms with Crippen LogP contribution >= 0.6 is 0 Å². The molecule has 26 heavy (non-hydrogen) atoms. The molecule has 3 rings (SSSR count). The second-order valence-electron chi connectivity index (χ2n) is 6.25. The van der Waals surface area contributed by atoms with Crippen molar-refractivity contribution >= 4 is 17.7 Å². The van der Waals surface area contributed by atoms with E-state index in [4.69, 9.17) is 4.42 Å². The molecular weight excluding hydrogens is 334 g/mol. The number of benzene rings is 1. The standard InChI is InChI=1S/C19H21N3O4/c23-17(21-14-8-9-14)12-20-18(24)15(11-13-5-2-1-3-6-13)22-19(25)16-7-4-10-26-16/h1-7,10,14-15H,8-9,11-12H2,(H,20,24)(H,21,23)(H,22,25)/t15-/m0/s1. The summed E-state index contributed by atoms with van der Waals surface area (Å²) in [6.45, 7) is -0.114. The van der Waals surface area contributed by atoms with Crippen molar-refractivity contribution in [3.05, 3.63) is 60.1 Å². The highest BCUT2D eigenvalue weighted by molar-refractivity contribution is 5.96. The highest BCUT2D eigenvalue weighted by Crippen LogP contribution is 2.18. The Balaban J connectivity index is 1.61. The lowest BCUT2D eigenvalue weighted by Crippen LogP contribution is -2.50. The fourth-order valence-electron chi connectivity index (χ4n) is 2.49.